The van der Waals surface area contributed by atoms with Gasteiger partial charge in [-0.15, -0.1) is 0 Å². The fourth-order valence-electron chi connectivity index (χ4n) is 3.39. The molecule has 1 aliphatic heterocycles. The van der Waals surface area contributed by atoms with E-state index in [1.807, 2.05) is 35.2 Å². The van der Waals surface area contributed by atoms with Crippen LogP contribution in [0, 0.1) is 0 Å². The summed E-state index contributed by atoms with van der Waals surface area (Å²) in [6.45, 7) is 2.98. The highest BCUT2D eigenvalue weighted by Gasteiger charge is 2.22. The lowest BCUT2D eigenvalue weighted by atomic mass is 10.1. The molecule has 1 N–H and O–H groups in total. The summed E-state index contributed by atoms with van der Waals surface area (Å²) in [4.78, 5) is 16.9. The number of H-pyrrole nitrogens is 1. The van der Waals surface area contributed by atoms with Crippen LogP contribution in [0.25, 0.3) is 11.3 Å². The van der Waals surface area contributed by atoms with Crippen molar-refractivity contribution in [1.82, 2.24) is 15.1 Å². The van der Waals surface area contributed by atoms with Crippen LogP contribution in [0.4, 0.5) is 5.82 Å². The van der Waals surface area contributed by atoms with Gasteiger partial charge >= 0.3 is 0 Å². The Labute approximate surface area is 163 Å². The summed E-state index contributed by atoms with van der Waals surface area (Å²) in [7, 11) is 0. The Hall–Kier alpha value is -2.79. The number of aromatic amines is 1. The Balaban J connectivity index is 1.45. The molecule has 1 saturated heterocycles. The number of hydrogen-bond donors (Lipinski definition) is 1. The molecule has 1 aliphatic rings. The zero-order valence-corrected chi connectivity index (χ0v) is 15.7. The highest BCUT2D eigenvalue weighted by molar-refractivity contribution is 6.33. The summed E-state index contributed by atoms with van der Waals surface area (Å²) in [6.07, 6.45) is 0.893. The van der Waals surface area contributed by atoms with Crippen molar-refractivity contribution in [2.75, 3.05) is 31.1 Å². The molecule has 0 spiro atoms. The summed E-state index contributed by atoms with van der Waals surface area (Å²) in [5, 5.41) is 8.10. The number of nitrogens with zero attached hydrogens (tertiary/aromatic N) is 3. The van der Waals surface area contributed by atoms with Gasteiger partial charge in [0.25, 0.3) is 5.91 Å². The van der Waals surface area contributed by atoms with Crippen LogP contribution in [0.1, 0.15) is 16.8 Å². The number of anilines is 1. The third-order valence-corrected chi connectivity index (χ3v) is 5.19. The van der Waals surface area contributed by atoms with E-state index in [0.717, 1.165) is 43.1 Å². The molecule has 1 fully saturated rings. The third kappa shape index (κ3) is 3.83. The lowest BCUT2D eigenvalue weighted by Gasteiger charge is -2.22. The zero-order chi connectivity index (χ0) is 18.6. The maximum Gasteiger partial charge on any atom is 0.255 e. The van der Waals surface area contributed by atoms with Crippen LogP contribution in [0.3, 0.4) is 0 Å². The topological polar surface area (TPSA) is 52.2 Å². The van der Waals surface area contributed by atoms with Crippen LogP contribution >= 0.6 is 11.6 Å². The van der Waals surface area contributed by atoms with Crippen molar-refractivity contribution in [3.63, 3.8) is 0 Å². The van der Waals surface area contributed by atoms with Crippen LogP contribution < -0.4 is 4.90 Å². The number of benzene rings is 2. The van der Waals surface area contributed by atoms with Gasteiger partial charge in [-0.05, 0) is 24.1 Å². The molecule has 0 aliphatic carbocycles. The smallest absolute Gasteiger partial charge is 0.255 e. The monoisotopic (exact) mass is 380 g/mol. The lowest BCUT2D eigenvalue weighted by Crippen LogP contribution is -2.35. The fraction of sp³-hybridized carbons (Fsp3) is 0.238. The molecule has 5 nitrogen and oxygen atoms in total. The summed E-state index contributed by atoms with van der Waals surface area (Å²) < 4.78 is 0. The predicted octanol–water partition coefficient (Wildman–Crippen LogP) is 4.08. The first kappa shape index (κ1) is 17.6. The van der Waals surface area contributed by atoms with E-state index in [0.29, 0.717) is 17.1 Å². The molecule has 0 bridgehead atoms. The van der Waals surface area contributed by atoms with E-state index < -0.39 is 0 Å². The van der Waals surface area contributed by atoms with E-state index in [1.165, 1.54) is 0 Å². The fourth-order valence-corrected chi connectivity index (χ4v) is 3.61. The zero-order valence-electron chi connectivity index (χ0n) is 14.9. The van der Waals surface area contributed by atoms with Gasteiger partial charge in [0, 0.05) is 32.2 Å². The standard InChI is InChI=1S/C21H21ClN4O/c22-18-10-5-4-9-17(18)21(27)26-12-6-11-25(13-14-26)20-15-19(23-24-20)16-7-2-1-3-8-16/h1-5,7-10,15H,6,11-14H2,(H,23,24). The number of nitrogens with one attached hydrogen (secondary N) is 1. The van der Waals surface area contributed by atoms with Crippen molar-refractivity contribution in [3.8, 4) is 11.3 Å². The molecule has 3 aromatic rings. The van der Waals surface area contributed by atoms with Gasteiger partial charge in [0.05, 0.1) is 16.3 Å². The third-order valence-electron chi connectivity index (χ3n) is 4.86. The molecule has 2 aromatic carbocycles. The van der Waals surface area contributed by atoms with Crippen LogP contribution in [0.15, 0.2) is 60.7 Å². The minimum atomic E-state index is -0.00514. The van der Waals surface area contributed by atoms with Crippen molar-refractivity contribution in [3.05, 3.63) is 71.2 Å². The molecular formula is C21H21ClN4O. The van der Waals surface area contributed by atoms with Gasteiger partial charge in [-0.1, -0.05) is 54.1 Å². The van der Waals surface area contributed by atoms with Gasteiger partial charge in [0.1, 0.15) is 0 Å². The van der Waals surface area contributed by atoms with Crippen molar-refractivity contribution >= 4 is 23.3 Å². The largest absolute Gasteiger partial charge is 0.353 e. The molecule has 6 heteroatoms. The van der Waals surface area contributed by atoms with Crippen molar-refractivity contribution in [2.24, 2.45) is 0 Å². The summed E-state index contributed by atoms with van der Waals surface area (Å²) in [6, 6.07) is 19.4. The van der Waals surface area contributed by atoms with Gasteiger partial charge in [-0.25, -0.2) is 0 Å². The van der Waals surface area contributed by atoms with Crippen molar-refractivity contribution in [2.45, 2.75) is 6.42 Å². The molecule has 1 amide bonds. The number of carbonyl (C=O) groups excluding carboxylic acids is 1. The number of hydrogen-bond acceptors (Lipinski definition) is 3. The molecule has 4 rings (SSSR count). The number of halogens is 1. The number of rotatable bonds is 3. The molecule has 138 valence electrons. The first-order valence-corrected chi connectivity index (χ1v) is 9.50. The van der Waals surface area contributed by atoms with Gasteiger partial charge in [-0.3, -0.25) is 9.89 Å². The van der Waals surface area contributed by atoms with E-state index in [2.05, 4.69) is 33.3 Å². The Bertz CT molecular complexity index is 925. The van der Waals surface area contributed by atoms with Gasteiger partial charge in [0.15, 0.2) is 5.82 Å². The summed E-state index contributed by atoms with van der Waals surface area (Å²) in [5.41, 5.74) is 2.68. The Morgan fingerprint density at radius 2 is 1.74 bits per heavy atom. The second-order valence-electron chi connectivity index (χ2n) is 6.62. The molecule has 0 saturated carbocycles. The molecule has 0 atom stereocenters. The quantitative estimate of drug-likeness (QED) is 0.744. The average molecular weight is 381 g/mol. The van der Waals surface area contributed by atoms with Gasteiger partial charge in [-0.2, -0.15) is 5.10 Å². The van der Waals surface area contributed by atoms with Crippen molar-refractivity contribution < 1.29 is 4.79 Å². The van der Waals surface area contributed by atoms with Gasteiger partial charge in [0.2, 0.25) is 0 Å². The Kier molecular flexibility index (Phi) is 5.12. The van der Waals surface area contributed by atoms with E-state index in [9.17, 15) is 4.79 Å². The number of carbonyl (C=O) groups is 1. The van der Waals surface area contributed by atoms with Crippen LogP contribution in [-0.2, 0) is 0 Å². The maximum atomic E-state index is 12.8. The Morgan fingerprint density at radius 1 is 0.963 bits per heavy atom. The van der Waals surface area contributed by atoms with Crippen LogP contribution in [-0.4, -0.2) is 47.2 Å². The molecular weight excluding hydrogens is 360 g/mol. The minimum absolute atomic E-state index is 0.00514. The SMILES string of the molecule is O=C(c1ccccc1Cl)N1CCCN(c2cc(-c3ccccc3)[nH]n2)CC1. The van der Waals surface area contributed by atoms with Gasteiger partial charge < -0.3 is 9.80 Å². The highest BCUT2D eigenvalue weighted by atomic mass is 35.5. The molecule has 2 heterocycles. The summed E-state index contributed by atoms with van der Waals surface area (Å²) >= 11 is 6.19. The minimum Gasteiger partial charge on any atom is -0.353 e. The van der Waals surface area contributed by atoms with E-state index in [-0.39, 0.29) is 5.91 Å². The molecule has 0 unspecified atom stereocenters. The molecule has 0 radical (unpaired) electrons. The second-order valence-corrected chi connectivity index (χ2v) is 7.03. The van der Waals surface area contributed by atoms with Crippen LogP contribution in [0.5, 0.6) is 0 Å². The Morgan fingerprint density at radius 3 is 2.56 bits per heavy atom. The average Bonchev–Trinajstić information content (AvgIpc) is 3.07. The first-order valence-electron chi connectivity index (χ1n) is 9.12. The van der Waals surface area contributed by atoms with E-state index in [4.69, 9.17) is 11.6 Å². The maximum absolute atomic E-state index is 12.8. The molecule has 27 heavy (non-hydrogen) atoms. The van der Waals surface area contributed by atoms with Crippen LogP contribution in [0.2, 0.25) is 5.02 Å². The first-order chi connectivity index (χ1) is 13.2. The normalized spacial score (nSPS) is 14.9. The molecule has 1 aromatic heterocycles. The number of amides is 1. The summed E-state index contributed by atoms with van der Waals surface area (Å²) in [5.74, 6) is 0.912. The highest BCUT2D eigenvalue weighted by Crippen LogP contribution is 2.23. The van der Waals surface area contributed by atoms with E-state index >= 15 is 0 Å². The number of aromatic nitrogens is 2. The van der Waals surface area contributed by atoms with E-state index in [1.54, 1.807) is 12.1 Å². The lowest BCUT2D eigenvalue weighted by molar-refractivity contribution is 0.0767. The second kappa shape index (κ2) is 7.84. The van der Waals surface area contributed by atoms with Crippen molar-refractivity contribution in [1.29, 1.82) is 0 Å². The predicted molar refractivity (Wildman–Crippen MR) is 108 cm³/mol.